The standard InChI is InChI=1S/C19H23BrN2O3S2/c20-17-11-12-18(26-17)27(24,25)22-16(13-14-7-3-1-4-8-14)19(23)21-15-9-5-2-6-10-15/h1,3-4,7-8,11-12,15-16,22H,2,5-6,9-10,13H2,(H,21,23). The lowest BCUT2D eigenvalue weighted by Gasteiger charge is -2.26. The van der Waals surface area contributed by atoms with Gasteiger partial charge in [0.15, 0.2) is 0 Å². The van der Waals surface area contributed by atoms with E-state index in [9.17, 15) is 13.2 Å². The summed E-state index contributed by atoms with van der Waals surface area (Å²) in [5.74, 6) is -0.259. The van der Waals surface area contributed by atoms with Crippen LogP contribution in [0.3, 0.4) is 0 Å². The van der Waals surface area contributed by atoms with Gasteiger partial charge in [-0.3, -0.25) is 4.79 Å². The van der Waals surface area contributed by atoms with E-state index in [4.69, 9.17) is 0 Å². The Bertz CT molecular complexity index is 862. The van der Waals surface area contributed by atoms with Gasteiger partial charge in [-0.05, 0) is 52.9 Å². The zero-order valence-corrected chi connectivity index (χ0v) is 18.1. The first-order valence-corrected chi connectivity index (χ1v) is 12.2. The molecule has 1 aromatic heterocycles. The van der Waals surface area contributed by atoms with Gasteiger partial charge < -0.3 is 5.32 Å². The zero-order chi connectivity index (χ0) is 19.3. The summed E-state index contributed by atoms with van der Waals surface area (Å²) in [6.07, 6.45) is 5.61. The quantitative estimate of drug-likeness (QED) is 0.644. The van der Waals surface area contributed by atoms with E-state index in [2.05, 4.69) is 26.0 Å². The summed E-state index contributed by atoms with van der Waals surface area (Å²) >= 11 is 4.41. The lowest BCUT2D eigenvalue weighted by Crippen LogP contribution is -2.50. The number of halogens is 1. The van der Waals surface area contributed by atoms with Crippen molar-refractivity contribution in [3.63, 3.8) is 0 Å². The molecule has 0 aliphatic heterocycles. The fourth-order valence-corrected chi connectivity index (χ4v) is 6.50. The number of rotatable bonds is 7. The van der Waals surface area contributed by atoms with Crippen molar-refractivity contribution < 1.29 is 13.2 Å². The van der Waals surface area contributed by atoms with Crippen LogP contribution in [0.25, 0.3) is 0 Å². The highest BCUT2D eigenvalue weighted by atomic mass is 79.9. The lowest BCUT2D eigenvalue weighted by molar-refractivity contribution is -0.123. The Balaban J connectivity index is 1.77. The van der Waals surface area contributed by atoms with Gasteiger partial charge in [0.2, 0.25) is 5.91 Å². The van der Waals surface area contributed by atoms with Gasteiger partial charge in [0.25, 0.3) is 10.0 Å². The number of thiophene rings is 1. The minimum absolute atomic E-state index is 0.130. The molecule has 2 aromatic rings. The third-order valence-electron chi connectivity index (χ3n) is 4.66. The second-order valence-corrected chi connectivity index (χ2v) is 11.2. The minimum atomic E-state index is -3.77. The summed E-state index contributed by atoms with van der Waals surface area (Å²) in [5, 5.41) is 3.05. The molecule has 1 heterocycles. The van der Waals surface area contributed by atoms with Crippen LogP contribution in [0, 0.1) is 0 Å². The van der Waals surface area contributed by atoms with E-state index in [0.29, 0.717) is 6.42 Å². The Hall–Kier alpha value is -1.22. The van der Waals surface area contributed by atoms with Crippen molar-refractivity contribution in [3.05, 3.63) is 51.8 Å². The number of amides is 1. The van der Waals surface area contributed by atoms with Gasteiger partial charge in [0.05, 0.1) is 3.79 Å². The van der Waals surface area contributed by atoms with Gasteiger partial charge in [-0.1, -0.05) is 49.6 Å². The summed E-state index contributed by atoms with van der Waals surface area (Å²) in [6, 6.07) is 12.0. The van der Waals surface area contributed by atoms with E-state index in [1.54, 1.807) is 6.07 Å². The van der Waals surface area contributed by atoms with Crippen molar-refractivity contribution in [2.24, 2.45) is 0 Å². The molecule has 1 unspecified atom stereocenters. The Morgan fingerprint density at radius 3 is 2.44 bits per heavy atom. The number of carbonyl (C=O) groups excluding carboxylic acids is 1. The van der Waals surface area contributed by atoms with Crippen molar-refractivity contribution >= 4 is 43.2 Å². The van der Waals surface area contributed by atoms with Gasteiger partial charge in [0.1, 0.15) is 10.3 Å². The summed E-state index contributed by atoms with van der Waals surface area (Å²) in [6.45, 7) is 0. The van der Waals surface area contributed by atoms with Crippen molar-refractivity contribution in [1.82, 2.24) is 10.0 Å². The average molecular weight is 471 g/mol. The molecule has 0 bridgehead atoms. The van der Waals surface area contributed by atoms with Crippen molar-refractivity contribution in [2.75, 3.05) is 0 Å². The molecule has 1 atom stereocenters. The Morgan fingerprint density at radius 2 is 1.81 bits per heavy atom. The number of benzene rings is 1. The highest BCUT2D eigenvalue weighted by Gasteiger charge is 2.28. The topological polar surface area (TPSA) is 75.3 Å². The molecule has 27 heavy (non-hydrogen) atoms. The normalized spacial score (nSPS) is 16.8. The van der Waals surface area contributed by atoms with Crippen LogP contribution in [0.15, 0.2) is 50.5 Å². The van der Waals surface area contributed by atoms with Crippen molar-refractivity contribution in [2.45, 2.75) is 54.8 Å². The summed E-state index contributed by atoms with van der Waals surface area (Å²) in [4.78, 5) is 12.9. The molecule has 2 N–H and O–H groups in total. The van der Waals surface area contributed by atoms with Gasteiger partial charge >= 0.3 is 0 Å². The summed E-state index contributed by atoms with van der Waals surface area (Å²) in [5.41, 5.74) is 0.913. The van der Waals surface area contributed by atoms with Gasteiger partial charge in [-0.25, -0.2) is 8.42 Å². The smallest absolute Gasteiger partial charge is 0.250 e. The molecule has 1 amide bonds. The van der Waals surface area contributed by atoms with Crippen molar-refractivity contribution in [1.29, 1.82) is 0 Å². The van der Waals surface area contributed by atoms with E-state index >= 15 is 0 Å². The first-order chi connectivity index (χ1) is 12.9. The summed E-state index contributed by atoms with van der Waals surface area (Å²) in [7, 11) is -3.77. The van der Waals surface area contributed by atoms with Crippen LogP contribution in [0.5, 0.6) is 0 Å². The highest BCUT2D eigenvalue weighted by Crippen LogP contribution is 2.26. The van der Waals surface area contributed by atoms with Gasteiger partial charge in [0, 0.05) is 6.04 Å². The largest absolute Gasteiger partial charge is 0.352 e. The predicted molar refractivity (Wildman–Crippen MR) is 111 cm³/mol. The predicted octanol–water partition coefficient (Wildman–Crippen LogP) is 3.85. The molecule has 1 aliphatic carbocycles. The molecule has 1 aromatic carbocycles. The number of carbonyl (C=O) groups is 1. The molecule has 1 saturated carbocycles. The molecule has 8 heteroatoms. The molecule has 0 saturated heterocycles. The third-order valence-corrected chi connectivity index (χ3v) is 8.25. The molecule has 1 fully saturated rings. The first-order valence-electron chi connectivity index (χ1n) is 9.06. The van der Waals surface area contributed by atoms with Crippen LogP contribution < -0.4 is 10.0 Å². The Kier molecular flexibility index (Phi) is 7.08. The average Bonchev–Trinajstić information content (AvgIpc) is 3.10. The summed E-state index contributed by atoms with van der Waals surface area (Å²) < 4.78 is 29.0. The maximum Gasteiger partial charge on any atom is 0.250 e. The minimum Gasteiger partial charge on any atom is -0.352 e. The second kappa shape index (κ2) is 9.32. The van der Waals surface area contributed by atoms with Crippen molar-refractivity contribution in [3.8, 4) is 0 Å². The molecule has 0 radical (unpaired) electrons. The van der Waals surface area contributed by atoms with Crippen LogP contribution in [-0.2, 0) is 21.2 Å². The highest BCUT2D eigenvalue weighted by molar-refractivity contribution is 9.11. The van der Waals surface area contributed by atoms with Crippen LogP contribution in [-0.4, -0.2) is 26.4 Å². The monoisotopic (exact) mass is 470 g/mol. The van der Waals surface area contributed by atoms with Crippen LogP contribution in [0.4, 0.5) is 0 Å². The van der Waals surface area contributed by atoms with Gasteiger partial charge in [-0.2, -0.15) is 4.72 Å². The first kappa shape index (κ1) is 20.5. The SMILES string of the molecule is O=C(NC1CCCCC1)C(Cc1ccccc1)NS(=O)(=O)c1ccc(Br)s1. The molecular weight excluding hydrogens is 448 g/mol. The number of nitrogens with one attached hydrogen (secondary N) is 2. The van der Waals surface area contributed by atoms with Gasteiger partial charge in [-0.15, -0.1) is 11.3 Å². The lowest BCUT2D eigenvalue weighted by atomic mass is 9.95. The molecule has 1 aliphatic rings. The maximum absolute atomic E-state index is 12.9. The molecule has 146 valence electrons. The Labute approximate surface area is 172 Å². The van der Waals surface area contributed by atoms with E-state index in [0.717, 1.165) is 46.4 Å². The molecule has 5 nitrogen and oxygen atoms in total. The molecule has 0 spiro atoms. The van der Waals surface area contributed by atoms with E-state index in [-0.39, 0.29) is 16.2 Å². The van der Waals surface area contributed by atoms with Crippen LogP contribution >= 0.6 is 27.3 Å². The number of hydrogen-bond donors (Lipinski definition) is 2. The van der Waals surface area contributed by atoms with E-state index < -0.39 is 16.1 Å². The number of sulfonamides is 1. The molecular formula is C19H23BrN2O3S2. The van der Waals surface area contributed by atoms with E-state index in [1.807, 2.05) is 30.3 Å². The third kappa shape index (κ3) is 5.88. The number of hydrogen-bond acceptors (Lipinski definition) is 4. The van der Waals surface area contributed by atoms with E-state index in [1.165, 1.54) is 12.5 Å². The fraction of sp³-hybridized carbons (Fsp3) is 0.421. The van der Waals surface area contributed by atoms with Crippen LogP contribution in [0.1, 0.15) is 37.7 Å². The second-order valence-electron chi connectivity index (χ2n) is 6.77. The zero-order valence-electron chi connectivity index (χ0n) is 14.9. The molecule has 3 rings (SSSR count). The Morgan fingerprint density at radius 1 is 1.11 bits per heavy atom. The maximum atomic E-state index is 12.9. The van der Waals surface area contributed by atoms with Crippen LogP contribution in [0.2, 0.25) is 0 Å². The fourth-order valence-electron chi connectivity index (χ4n) is 3.27.